The monoisotopic (exact) mass is 901 g/mol. The number of hydrogen-bond donors (Lipinski definition) is 0. The minimum absolute atomic E-state index is 0.0632. The SMILES string of the molecule is C[SiH](C)[Zr]([Cl])([Cl])([CH]1C([Si](C)(C)C)=Cc2c(-c3ccccn3)cc(-c3ccccn3)cc21)[CH]1C([Si](C)(C)C)=Cc2c(-c3ccccn3)cc(-c3ccccn3)cc21. The Balaban J connectivity index is 1.48. The summed E-state index contributed by atoms with van der Waals surface area (Å²) in [6.45, 7) is 19.7. The van der Waals surface area contributed by atoms with E-state index in [1.807, 2.05) is 49.1 Å². The molecule has 2 unspecified atom stereocenters. The third kappa shape index (κ3) is 6.68. The summed E-state index contributed by atoms with van der Waals surface area (Å²) in [6.07, 6.45) is 12.5. The normalized spacial score (nSPS) is 17.5. The molecule has 0 N–H and O–H groups in total. The van der Waals surface area contributed by atoms with Crippen molar-refractivity contribution in [2.45, 2.75) is 59.6 Å². The molecule has 2 aromatic carbocycles. The quantitative estimate of drug-likeness (QED) is 0.136. The van der Waals surface area contributed by atoms with Gasteiger partial charge in [-0.25, -0.2) is 0 Å². The van der Waals surface area contributed by atoms with Crippen LogP contribution in [0, 0.1) is 0 Å². The van der Waals surface area contributed by atoms with Crippen molar-refractivity contribution >= 4 is 51.2 Å². The molecule has 8 rings (SSSR count). The van der Waals surface area contributed by atoms with Gasteiger partial charge in [-0.15, -0.1) is 0 Å². The Morgan fingerprint density at radius 2 is 0.839 bits per heavy atom. The zero-order valence-electron chi connectivity index (χ0n) is 33.5. The van der Waals surface area contributed by atoms with Gasteiger partial charge in [-0.05, 0) is 0 Å². The van der Waals surface area contributed by atoms with Crippen molar-refractivity contribution in [1.82, 2.24) is 19.9 Å². The topological polar surface area (TPSA) is 51.6 Å². The fourth-order valence-electron chi connectivity index (χ4n) is 9.12. The number of fused-ring (bicyclic) bond motifs is 2. The van der Waals surface area contributed by atoms with Gasteiger partial charge in [0.15, 0.2) is 0 Å². The van der Waals surface area contributed by atoms with Crippen LogP contribution in [-0.2, 0) is 15.6 Å². The van der Waals surface area contributed by atoms with Gasteiger partial charge in [0.1, 0.15) is 0 Å². The fraction of sp³-hybridized carbons (Fsp3) is 0.217. The molecule has 0 fully saturated rings. The van der Waals surface area contributed by atoms with Crippen LogP contribution >= 0.6 is 17.0 Å². The van der Waals surface area contributed by atoms with Crippen molar-refractivity contribution in [3.63, 3.8) is 0 Å². The molecular formula is C46H49Cl2N4Si3Zr. The standard InChI is InChI=1S/2C22H21N2Si.C2H7Si.2ClH.Zr/c2*1-25(2,3)18-13-16-12-17(21-8-4-6-10-23-21)14-20(19(16)15-18)22-9-5-7-11-24-22;1-3-2;;;/h2*4-15H,1-3H3;3H,1-2H3;2*1H;/q;;;;;+2/p-2. The average molecular weight is 904 g/mol. The third-order valence-corrected chi connectivity index (χ3v) is 69.3. The summed E-state index contributed by atoms with van der Waals surface area (Å²) in [5, 5.41) is 2.93. The molecule has 6 aromatic rings. The number of pyridine rings is 4. The molecule has 0 bridgehead atoms. The molecule has 0 spiro atoms. The molecule has 2 atom stereocenters. The first-order chi connectivity index (χ1) is 26.6. The molecule has 56 heavy (non-hydrogen) atoms. The maximum absolute atomic E-state index is 9.13. The second kappa shape index (κ2) is 14.5. The van der Waals surface area contributed by atoms with Crippen LogP contribution in [0.2, 0.25) is 52.4 Å². The zero-order chi connectivity index (χ0) is 39.6. The Kier molecular flexibility index (Phi) is 10.2. The summed E-state index contributed by atoms with van der Waals surface area (Å²) in [5.41, 5.74) is 13.1. The Morgan fingerprint density at radius 3 is 1.12 bits per heavy atom. The van der Waals surface area contributed by atoms with Crippen LogP contribution in [0.5, 0.6) is 0 Å². The molecule has 2 aliphatic carbocycles. The van der Waals surface area contributed by atoms with E-state index in [0.717, 1.165) is 45.0 Å². The third-order valence-electron chi connectivity index (χ3n) is 12.0. The Morgan fingerprint density at radius 1 is 0.500 bits per heavy atom. The van der Waals surface area contributed by atoms with Crippen LogP contribution < -0.4 is 0 Å². The number of aromatic nitrogens is 4. The molecule has 10 heteroatoms. The molecule has 0 aliphatic heterocycles. The second-order valence-electron chi connectivity index (χ2n) is 17.9. The van der Waals surface area contributed by atoms with Crippen molar-refractivity contribution in [2.24, 2.45) is 0 Å². The minimum atomic E-state index is -5.28. The molecule has 0 amide bonds. The van der Waals surface area contributed by atoms with Crippen molar-refractivity contribution in [1.29, 1.82) is 0 Å². The van der Waals surface area contributed by atoms with Crippen LogP contribution in [-0.4, -0.2) is 42.0 Å². The molecule has 2 aliphatic rings. The molecule has 0 saturated heterocycles. The predicted octanol–water partition coefficient (Wildman–Crippen LogP) is 13.2. The Bertz CT molecular complexity index is 2350. The summed E-state index contributed by atoms with van der Waals surface area (Å²) in [5.74, 6) is -1.88. The zero-order valence-corrected chi connectivity index (χ0v) is 40.6. The summed E-state index contributed by atoms with van der Waals surface area (Å²) in [7, 11) is 14.2. The van der Waals surface area contributed by atoms with Crippen molar-refractivity contribution in [2.75, 3.05) is 0 Å². The van der Waals surface area contributed by atoms with E-state index < -0.39 is 37.6 Å². The van der Waals surface area contributed by atoms with Crippen LogP contribution in [0.25, 0.3) is 57.2 Å². The van der Waals surface area contributed by atoms with Gasteiger partial charge in [0.25, 0.3) is 0 Å². The van der Waals surface area contributed by atoms with Gasteiger partial charge < -0.3 is 0 Å². The Hall–Kier alpha value is -3.37. The fourth-order valence-corrected chi connectivity index (χ4v) is 55.7. The molecule has 4 nitrogen and oxygen atoms in total. The average Bonchev–Trinajstić information content (AvgIpc) is 3.80. The van der Waals surface area contributed by atoms with Crippen LogP contribution in [0.1, 0.15) is 29.5 Å². The van der Waals surface area contributed by atoms with Crippen LogP contribution in [0.15, 0.2) is 132 Å². The van der Waals surface area contributed by atoms with Gasteiger partial charge in [-0.3, -0.25) is 0 Å². The van der Waals surface area contributed by atoms with E-state index in [1.54, 1.807) is 0 Å². The van der Waals surface area contributed by atoms with E-state index in [1.165, 1.54) is 32.6 Å². The van der Waals surface area contributed by atoms with Gasteiger partial charge in [0, 0.05) is 0 Å². The number of benzene rings is 2. The first kappa shape index (κ1) is 39.5. The molecule has 283 valence electrons. The van der Waals surface area contributed by atoms with E-state index in [4.69, 9.17) is 37.0 Å². The maximum atomic E-state index is 9.13. The van der Waals surface area contributed by atoms with Gasteiger partial charge in [0.2, 0.25) is 0 Å². The van der Waals surface area contributed by atoms with E-state index in [9.17, 15) is 0 Å². The van der Waals surface area contributed by atoms with Crippen molar-refractivity contribution in [3.05, 3.63) is 154 Å². The van der Waals surface area contributed by atoms with Crippen LogP contribution in [0.4, 0.5) is 0 Å². The first-order valence-corrected chi connectivity index (χ1v) is 42.9. The van der Waals surface area contributed by atoms with Gasteiger partial charge in [-0.1, -0.05) is 0 Å². The molecule has 0 saturated carbocycles. The van der Waals surface area contributed by atoms with Gasteiger partial charge in [0.05, 0.1) is 0 Å². The number of hydrogen-bond acceptors (Lipinski definition) is 4. The van der Waals surface area contributed by atoms with Gasteiger partial charge >= 0.3 is 346 Å². The summed E-state index contributed by atoms with van der Waals surface area (Å²) in [6, 6.07) is 34.0. The van der Waals surface area contributed by atoms with Crippen molar-refractivity contribution < 1.29 is 15.6 Å². The number of allylic oxidation sites excluding steroid dienone is 2. The molecule has 0 radical (unpaired) electrons. The summed E-state index contributed by atoms with van der Waals surface area (Å²) < 4.78 is -0.126. The number of halogens is 2. The van der Waals surface area contributed by atoms with Crippen LogP contribution in [0.3, 0.4) is 0 Å². The molecular weight excluding hydrogens is 855 g/mol. The van der Waals surface area contributed by atoms with Gasteiger partial charge in [-0.2, -0.15) is 0 Å². The molecule has 4 heterocycles. The molecule has 4 aromatic heterocycles. The predicted molar refractivity (Wildman–Crippen MR) is 245 cm³/mol. The van der Waals surface area contributed by atoms with Crippen molar-refractivity contribution in [3.8, 4) is 45.0 Å². The van der Waals surface area contributed by atoms with E-state index in [-0.39, 0.29) is 7.25 Å². The Labute approximate surface area is 343 Å². The number of rotatable bonds is 9. The number of nitrogens with zero attached hydrogens (tertiary/aromatic N) is 4. The van der Waals surface area contributed by atoms with E-state index in [0.29, 0.717) is 0 Å². The van der Waals surface area contributed by atoms with E-state index in [2.05, 4.69) is 137 Å². The summed E-state index contributed by atoms with van der Waals surface area (Å²) in [4.78, 5) is 19.6. The summed E-state index contributed by atoms with van der Waals surface area (Å²) >= 11 is -5.28. The second-order valence-corrected chi connectivity index (χ2v) is 70.5. The van der Waals surface area contributed by atoms with E-state index >= 15 is 0 Å². The first-order valence-electron chi connectivity index (χ1n) is 19.6.